The Kier molecular flexibility index (Phi) is 7.84. The first-order valence-corrected chi connectivity index (χ1v) is 15.3. The Balaban J connectivity index is 1.44. The van der Waals surface area contributed by atoms with E-state index in [4.69, 9.17) is 9.47 Å². The molecular weight excluding hydrogens is 512 g/mol. The number of nitrogens with zero attached hydrogens (tertiary/aromatic N) is 2. The van der Waals surface area contributed by atoms with Crippen LogP contribution in [0.15, 0.2) is 29.3 Å². The Morgan fingerprint density at radius 3 is 2.54 bits per heavy atom. The molecule has 0 saturated carbocycles. The van der Waals surface area contributed by atoms with Crippen LogP contribution < -0.4 is 0 Å². The zero-order valence-electron chi connectivity index (χ0n) is 22.2. The topological polar surface area (TPSA) is 103 Å². The number of amides is 1. The minimum Gasteiger partial charge on any atom is -0.444 e. The van der Waals surface area contributed by atoms with Gasteiger partial charge in [0.25, 0.3) is 0 Å². The molecular formula is C27H36N2O6S2. The third-order valence-electron chi connectivity index (χ3n) is 6.96. The van der Waals surface area contributed by atoms with Crippen LogP contribution in [0.4, 0.5) is 4.79 Å². The average Bonchev–Trinajstić information content (AvgIpc) is 3.32. The molecule has 4 heterocycles. The van der Waals surface area contributed by atoms with E-state index in [2.05, 4.69) is 11.9 Å². The summed E-state index contributed by atoms with van der Waals surface area (Å²) in [6.45, 7) is 11.0. The molecule has 1 amide bonds. The van der Waals surface area contributed by atoms with Crippen molar-refractivity contribution < 1.29 is 27.5 Å². The molecule has 0 aliphatic carbocycles. The van der Waals surface area contributed by atoms with Gasteiger partial charge in [-0.1, -0.05) is 13.8 Å². The highest BCUT2D eigenvalue weighted by Gasteiger charge is 2.45. The fourth-order valence-corrected chi connectivity index (χ4v) is 7.00. The highest BCUT2D eigenvalue weighted by molar-refractivity contribution is 7.91. The van der Waals surface area contributed by atoms with Gasteiger partial charge in [0.2, 0.25) is 0 Å². The van der Waals surface area contributed by atoms with Crippen molar-refractivity contribution >= 4 is 33.1 Å². The van der Waals surface area contributed by atoms with Crippen LogP contribution in [-0.2, 0) is 31.3 Å². The minimum atomic E-state index is -3.29. The molecule has 1 saturated heterocycles. The summed E-state index contributed by atoms with van der Waals surface area (Å²) in [7, 11) is -3.29. The number of aryl methyl sites for hydroxylation is 1. The van der Waals surface area contributed by atoms with E-state index in [-0.39, 0.29) is 28.4 Å². The quantitative estimate of drug-likeness (QED) is 0.462. The van der Waals surface area contributed by atoms with Crippen LogP contribution >= 0.6 is 11.3 Å². The number of thiophene rings is 1. The van der Waals surface area contributed by atoms with Crippen molar-refractivity contribution in [1.29, 1.82) is 0 Å². The maximum atomic E-state index is 13.1. The van der Waals surface area contributed by atoms with E-state index >= 15 is 0 Å². The van der Waals surface area contributed by atoms with Crippen molar-refractivity contribution in [3.05, 3.63) is 45.4 Å². The van der Waals surface area contributed by atoms with E-state index in [1.807, 2.05) is 26.8 Å². The monoisotopic (exact) mass is 548 g/mol. The van der Waals surface area contributed by atoms with Crippen LogP contribution in [0, 0.1) is 0 Å². The molecule has 2 aliphatic heterocycles. The van der Waals surface area contributed by atoms with Crippen molar-refractivity contribution in [3.63, 3.8) is 0 Å². The summed E-state index contributed by atoms with van der Waals surface area (Å²) in [5, 5.41) is 0. The maximum absolute atomic E-state index is 13.1. The first kappa shape index (κ1) is 27.7. The van der Waals surface area contributed by atoms with E-state index in [1.54, 1.807) is 24.0 Å². The fourth-order valence-electron chi connectivity index (χ4n) is 4.73. The lowest BCUT2D eigenvalue weighted by Crippen LogP contribution is -2.49. The van der Waals surface area contributed by atoms with Crippen LogP contribution in [0.5, 0.6) is 0 Å². The van der Waals surface area contributed by atoms with Gasteiger partial charge in [0, 0.05) is 42.2 Å². The smallest absolute Gasteiger partial charge is 0.410 e. The number of carbonyl (C=O) groups is 2. The van der Waals surface area contributed by atoms with E-state index in [0.717, 1.165) is 10.4 Å². The lowest BCUT2D eigenvalue weighted by atomic mass is 9.82. The molecule has 1 atom stereocenters. The molecule has 0 unspecified atom stereocenters. The second kappa shape index (κ2) is 10.5. The van der Waals surface area contributed by atoms with E-state index in [0.29, 0.717) is 56.0 Å². The zero-order chi connectivity index (χ0) is 27.0. The maximum Gasteiger partial charge on any atom is 0.410 e. The van der Waals surface area contributed by atoms with Crippen LogP contribution in [0.1, 0.15) is 85.6 Å². The predicted molar refractivity (Wildman–Crippen MR) is 142 cm³/mol. The van der Waals surface area contributed by atoms with Crippen LogP contribution in [0.25, 0.3) is 0 Å². The summed E-state index contributed by atoms with van der Waals surface area (Å²) in [5.41, 5.74) is 0.834. The lowest BCUT2D eigenvalue weighted by molar-refractivity contribution is -0.101. The van der Waals surface area contributed by atoms with Crippen LogP contribution in [-0.4, -0.2) is 61.2 Å². The van der Waals surface area contributed by atoms with Crippen molar-refractivity contribution in [2.75, 3.05) is 25.4 Å². The fraction of sp³-hybridized carbons (Fsp3) is 0.593. The number of carbonyl (C=O) groups excluding carboxylic acids is 2. The number of ketones is 1. The first-order valence-electron chi connectivity index (χ1n) is 12.8. The molecule has 2 aliphatic rings. The summed E-state index contributed by atoms with van der Waals surface area (Å²) in [6, 6.07) is 5.25. The van der Waals surface area contributed by atoms with E-state index < -0.39 is 21.0 Å². The number of rotatable bonds is 6. The van der Waals surface area contributed by atoms with Gasteiger partial charge in [-0.15, -0.1) is 11.3 Å². The summed E-state index contributed by atoms with van der Waals surface area (Å²) in [5.74, 6) is 0.259. The molecule has 0 aromatic carbocycles. The van der Waals surface area contributed by atoms with Gasteiger partial charge in [0.05, 0.1) is 22.1 Å². The standard InChI is InChI=1S/C27H36N2O6S2/c1-6-37(32,33)20-9-7-19(28-16-20)8-10-22(30)23-15-21-18(2)17-34-27(24(21)36-23)11-13-29(14-12-27)25(31)35-26(3,4)5/h7,9,15-16,18H,6,8,10-14,17H2,1-5H3/t18-/m1/s1. The minimum absolute atomic E-state index is 0.0260. The number of fused-ring (bicyclic) bond motifs is 2. The molecule has 2 aromatic heterocycles. The molecule has 4 rings (SSSR count). The SMILES string of the molecule is CCS(=O)(=O)c1ccc(CCC(=O)c2cc3c(s2)C2(CCN(C(=O)OC(C)(C)C)CC2)OC[C@H]3C)nc1. The van der Waals surface area contributed by atoms with Gasteiger partial charge >= 0.3 is 6.09 Å². The van der Waals surface area contributed by atoms with Gasteiger partial charge < -0.3 is 14.4 Å². The van der Waals surface area contributed by atoms with Crippen molar-refractivity contribution in [1.82, 2.24) is 9.88 Å². The number of ether oxygens (including phenoxy) is 2. The van der Waals surface area contributed by atoms with Gasteiger partial charge in [0.1, 0.15) is 11.2 Å². The van der Waals surface area contributed by atoms with E-state index in [9.17, 15) is 18.0 Å². The Morgan fingerprint density at radius 2 is 1.95 bits per heavy atom. The largest absolute Gasteiger partial charge is 0.444 e. The Labute approximate surface area is 223 Å². The Morgan fingerprint density at radius 1 is 1.24 bits per heavy atom. The molecule has 8 nitrogen and oxygen atoms in total. The Hall–Kier alpha value is -2.30. The normalized spacial score (nSPS) is 19.5. The number of pyridine rings is 1. The number of hydrogen-bond donors (Lipinski definition) is 0. The van der Waals surface area contributed by atoms with Crippen LogP contribution in [0.2, 0.25) is 0 Å². The molecule has 0 N–H and O–H groups in total. The summed E-state index contributed by atoms with van der Waals surface area (Å²) < 4.78 is 35.9. The number of hydrogen-bond acceptors (Lipinski definition) is 8. The molecule has 10 heteroatoms. The second-order valence-corrected chi connectivity index (χ2v) is 14.2. The van der Waals surface area contributed by atoms with E-state index in [1.165, 1.54) is 17.5 Å². The summed E-state index contributed by atoms with van der Waals surface area (Å²) in [6.07, 6.45) is 3.13. The third-order valence-corrected chi connectivity index (χ3v) is 10.1. The second-order valence-electron chi connectivity index (χ2n) is 10.9. The zero-order valence-corrected chi connectivity index (χ0v) is 23.8. The highest BCUT2D eigenvalue weighted by Crippen LogP contribution is 2.48. The van der Waals surface area contributed by atoms with Crippen molar-refractivity contribution in [2.24, 2.45) is 0 Å². The molecule has 1 spiro atoms. The van der Waals surface area contributed by atoms with Gasteiger partial charge in [-0.3, -0.25) is 9.78 Å². The number of piperidine rings is 1. The predicted octanol–water partition coefficient (Wildman–Crippen LogP) is 5.11. The van der Waals surface area contributed by atoms with Gasteiger partial charge in [-0.2, -0.15) is 0 Å². The molecule has 37 heavy (non-hydrogen) atoms. The van der Waals surface area contributed by atoms with Gasteiger partial charge in [-0.05, 0) is 63.8 Å². The average molecular weight is 549 g/mol. The van der Waals surface area contributed by atoms with Gasteiger partial charge in [-0.25, -0.2) is 13.2 Å². The lowest BCUT2D eigenvalue weighted by Gasteiger charge is -2.45. The summed E-state index contributed by atoms with van der Waals surface area (Å²) >= 11 is 1.51. The molecule has 202 valence electrons. The number of aromatic nitrogens is 1. The first-order chi connectivity index (χ1) is 17.3. The number of sulfone groups is 1. The molecule has 0 radical (unpaired) electrons. The summed E-state index contributed by atoms with van der Waals surface area (Å²) in [4.78, 5) is 33.7. The highest BCUT2D eigenvalue weighted by atomic mass is 32.2. The molecule has 1 fully saturated rings. The van der Waals surface area contributed by atoms with Gasteiger partial charge in [0.15, 0.2) is 15.6 Å². The molecule has 0 bridgehead atoms. The Bertz CT molecular complexity index is 1250. The number of likely N-dealkylation sites (tertiary alicyclic amines) is 1. The van der Waals surface area contributed by atoms with Crippen LogP contribution in [0.3, 0.4) is 0 Å². The molecule has 2 aromatic rings. The number of Topliss-reactive ketones (excluding diaryl/α,β-unsaturated/α-hetero) is 1. The third kappa shape index (κ3) is 6.07. The van der Waals surface area contributed by atoms with Crippen molar-refractivity contribution in [3.8, 4) is 0 Å². The van der Waals surface area contributed by atoms with Crippen molar-refractivity contribution in [2.45, 2.75) is 82.3 Å².